The predicted octanol–water partition coefficient (Wildman–Crippen LogP) is 4.22. The number of anilines is 1. The molecule has 0 aromatic carbocycles. The van der Waals surface area contributed by atoms with Gasteiger partial charge in [0, 0.05) is 42.6 Å². The standard InChI is InChI=1S/C25H33N5O2S/c1-17-16-32-14-13-30(17)22-15-21(25(10-11-25)33(5,31)29-24(2,3)4)27-23(28-22)19-9-12-26-20-8-6-7-18(19)20/h6-7,9,12,15,17H,8,10-11,13-14,16H2,1-5H3/t17-,33-/m1/s1. The zero-order valence-electron chi connectivity index (χ0n) is 20.2. The Morgan fingerprint density at radius 2 is 2.06 bits per heavy atom. The molecule has 5 rings (SSSR count). The van der Waals surface area contributed by atoms with Crippen LogP contribution in [0, 0.1) is 0 Å². The topological polar surface area (TPSA) is 80.6 Å². The number of rotatable bonds is 4. The van der Waals surface area contributed by atoms with E-state index < -0.39 is 14.5 Å². The van der Waals surface area contributed by atoms with Crippen LogP contribution in [0.25, 0.3) is 17.5 Å². The minimum Gasteiger partial charge on any atom is -0.377 e. The van der Waals surface area contributed by atoms with Crippen LogP contribution >= 0.6 is 0 Å². The molecule has 1 saturated carbocycles. The lowest BCUT2D eigenvalue weighted by Crippen LogP contribution is -2.44. The number of pyridine rings is 1. The van der Waals surface area contributed by atoms with Gasteiger partial charge in [-0.2, -0.15) is 0 Å². The first-order chi connectivity index (χ1) is 15.6. The maximum absolute atomic E-state index is 14.0. The SMILES string of the molecule is C[C@@H]1COCCN1c1cc(C2([S@@](C)(=O)=NC(C)(C)C)CC2)nc(-c2ccnc3c2C=CC3)n1. The Balaban J connectivity index is 1.70. The Morgan fingerprint density at radius 3 is 2.76 bits per heavy atom. The van der Waals surface area contributed by atoms with E-state index in [1.54, 1.807) is 6.26 Å². The van der Waals surface area contributed by atoms with Crippen molar-refractivity contribution in [3.05, 3.63) is 41.4 Å². The third kappa shape index (κ3) is 4.08. The van der Waals surface area contributed by atoms with Gasteiger partial charge in [-0.3, -0.25) is 4.98 Å². The van der Waals surface area contributed by atoms with Crippen LogP contribution in [-0.4, -0.2) is 56.8 Å². The molecule has 2 fully saturated rings. The minimum absolute atomic E-state index is 0.206. The highest BCUT2D eigenvalue weighted by molar-refractivity contribution is 7.94. The Morgan fingerprint density at radius 1 is 1.27 bits per heavy atom. The van der Waals surface area contributed by atoms with E-state index in [2.05, 4.69) is 35.0 Å². The van der Waals surface area contributed by atoms with Crippen molar-refractivity contribution in [1.82, 2.24) is 15.0 Å². The molecule has 176 valence electrons. The summed E-state index contributed by atoms with van der Waals surface area (Å²) in [6, 6.07) is 4.25. The van der Waals surface area contributed by atoms with Crippen molar-refractivity contribution >= 4 is 21.6 Å². The molecule has 33 heavy (non-hydrogen) atoms. The van der Waals surface area contributed by atoms with E-state index >= 15 is 0 Å². The largest absolute Gasteiger partial charge is 0.377 e. The predicted molar refractivity (Wildman–Crippen MR) is 133 cm³/mol. The summed E-state index contributed by atoms with van der Waals surface area (Å²) in [6.45, 7) is 10.3. The molecule has 0 amide bonds. The molecule has 0 radical (unpaired) electrons. The number of morpholine rings is 1. The van der Waals surface area contributed by atoms with Crippen molar-refractivity contribution in [2.45, 2.75) is 63.3 Å². The van der Waals surface area contributed by atoms with Crippen molar-refractivity contribution in [3.63, 3.8) is 0 Å². The quantitative estimate of drug-likeness (QED) is 0.670. The number of aromatic nitrogens is 3. The first-order valence-corrected chi connectivity index (χ1v) is 13.6. The van der Waals surface area contributed by atoms with Crippen LogP contribution in [0.4, 0.5) is 5.82 Å². The second kappa shape index (κ2) is 7.87. The van der Waals surface area contributed by atoms with E-state index in [0.717, 1.165) is 54.1 Å². The second-order valence-corrected chi connectivity index (χ2v) is 13.0. The normalized spacial score (nSPS) is 23.2. The smallest absolute Gasteiger partial charge is 0.162 e. The molecule has 0 unspecified atom stereocenters. The summed E-state index contributed by atoms with van der Waals surface area (Å²) in [4.78, 5) is 16.9. The van der Waals surface area contributed by atoms with Crippen LogP contribution in [0.5, 0.6) is 0 Å². The zero-order chi connectivity index (χ0) is 23.4. The van der Waals surface area contributed by atoms with Gasteiger partial charge in [0.05, 0.1) is 50.7 Å². The fourth-order valence-corrected chi connectivity index (χ4v) is 7.48. The summed E-state index contributed by atoms with van der Waals surface area (Å²) < 4.78 is 23.9. The van der Waals surface area contributed by atoms with Gasteiger partial charge in [-0.1, -0.05) is 12.2 Å². The van der Waals surface area contributed by atoms with Crippen molar-refractivity contribution in [2.75, 3.05) is 30.9 Å². The number of allylic oxidation sites excluding steroid dienone is 1. The summed E-state index contributed by atoms with van der Waals surface area (Å²) in [5.41, 5.74) is 3.57. The van der Waals surface area contributed by atoms with Gasteiger partial charge in [0.1, 0.15) is 5.82 Å². The molecule has 0 N–H and O–H groups in total. The van der Waals surface area contributed by atoms with E-state index in [-0.39, 0.29) is 11.6 Å². The Labute approximate surface area is 196 Å². The van der Waals surface area contributed by atoms with E-state index in [9.17, 15) is 4.21 Å². The van der Waals surface area contributed by atoms with Crippen LogP contribution in [0.1, 0.15) is 57.5 Å². The average molecular weight is 468 g/mol. The maximum atomic E-state index is 14.0. The Hall–Kier alpha value is -2.32. The lowest BCUT2D eigenvalue weighted by atomic mass is 10.1. The lowest BCUT2D eigenvalue weighted by Gasteiger charge is -2.35. The van der Waals surface area contributed by atoms with Crippen LogP contribution in [0.15, 0.2) is 28.8 Å². The van der Waals surface area contributed by atoms with Gasteiger partial charge < -0.3 is 9.64 Å². The van der Waals surface area contributed by atoms with E-state index in [1.807, 2.05) is 33.0 Å². The number of fused-ring (bicyclic) bond motifs is 1. The van der Waals surface area contributed by atoms with Crippen LogP contribution in [-0.2, 0) is 25.6 Å². The van der Waals surface area contributed by atoms with Gasteiger partial charge in [-0.25, -0.2) is 18.5 Å². The zero-order valence-corrected chi connectivity index (χ0v) is 21.0. The fourth-order valence-electron chi connectivity index (χ4n) is 4.90. The van der Waals surface area contributed by atoms with Crippen molar-refractivity contribution < 1.29 is 8.95 Å². The van der Waals surface area contributed by atoms with E-state index in [4.69, 9.17) is 19.1 Å². The first-order valence-electron chi connectivity index (χ1n) is 11.7. The third-order valence-corrected chi connectivity index (χ3v) is 9.59. The second-order valence-electron chi connectivity index (χ2n) is 10.4. The highest BCUT2D eigenvalue weighted by atomic mass is 32.2. The number of hydrogen-bond acceptors (Lipinski definition) is 7. The fraction of sp³-hybridized carbons (Fsp3) is 0.560. The van der Waals surface area contributed by atoms with Crippen LogP contribution < -0.4 is 4.90 Å². The number of nitrogens with zero attached hydrogens (tertiary/aromatic N) is 5. The van der Waals surface area contributed by atoms with Gasteiger partial charge in [-0.15, -0.1) is 0 Å². The Kier molecular flexibility index (Phi) is 5.36. The average Bonchev–Trinajstić information content (AvgIpc) is 3.44. The van der Waals surface area contributed by atoms with Crippen LogP contribution in [0.3, 0.4) is 0 Å². The molecule has 3 heterocycles. The summed E-state index contributed by atoms with van der Waals surface area (Å²) >= 11 is 0. The van der Waals surface area contributed by atoms with Crippen molar-refractivity contribution in [1.29, 1.82) is 0 Å². The molecule has 1 saturated heterocycles. The van der Waals surface area contributed by atoms with E-state index in [1.165, 1.54) is 0 Å². The molecule has 2 aromatic rings. The number of hydrogen-bond donors (Lipinski definition) is 0. The van der Waals surface area contributed by atoms with E-state index in [0.29, 0.717) is 19.0 Å². The summed E-state index contributed by atoms with van der Waals surface area (Å²) in [6.07, 6.45) is 10.3. The van der Waals surface area contributed by atoms with Gasteiger partial charge in [-0.05, 0) is 46.6 Å². The minimum atomic E-state index is -2.52. The molecule has 8 heteroatoms. The molecule has 2 aromatic heterocycles. The molecule has 2 atom stereocenters. The molecule has 3 aliphatic rings. The molecule has 7 nitrogen and oxygen atoms in total. The molecular formula is C25H33N5O2S. The summed E-state index contributed by atoms with van der Waals surface area (Å²) in [5.74, 6) is 1.54. The Bertz CT molecular complexity index is 1240. The lowest BCUT2D eigenvalue weighted by molar-refractivity contribution is 0.0985. The molecule has 1 aliphatic heterocycles. The molecule has 2 aliphatic carbocycles. The van der Waals surface area contributed by atoms with Crippen molar-refractivity contribution in [2.24, 2.45) is 4.36 Å². The monoisotopic (exact) mass is 467 g/mol. The van der Waals surface area contributed by atoms with Gasteiger partial charge in [0.15, 0.2) is 5.82 Å². The molecule has 0 spiro atoms. The first kappa shape index (κ1) is 22.5. The van der Waals surface area contributed by atoms with Gasteiger partial charge in [0.25, 0.3) is 0 Å². The highest BCUT2D eigenvalue weighted by Gasteiger charge is 2.54. The maximum Gasteiger partial charge on any atom is 0.162 e. The van der Waals surface area contributed by atoms with Gasteiger partial charge in [0.2, 0.25) is 0 Å². The summed E-state index contributed by atoms with van der Waals surface area (Å²) in [7, 11) is -2.52. The highest BCUT2D eigenvalue weighted by Crippen LogP contribution is 2.54. The number of ether oxygens (including phenoxy) is 1. The van der Waals surface area contributed by atoms with Crippen molar-refractivity contribution in [3.8, 4) is 11.4 Å². The molecular weight excluding hydrogens is 434 g/mol. The third-order valence-electron chi connectivity index (χ3n) is 6.63. The summed E-state index contributed by atoms with van der Waals surface area (Å²) in [5, 5.41) is 0. The van der Waals surface area contributed by atoms with Gasteiger partial charge >= 0.3 is 0 Å². The van der Waals surface area contributed by atoms with Crippen LogP contribution in [0.2, 0.25) is 0 Å². The molecule has 0 bridgehead atoms.